The van der Waals surface area contributed by atoms with Gasteiger partial charge in [-0.25, -0.2) is 8.78 Å². The van der Waals surface area contributed by atoms with E-state index in [1.807, 2.05) is 24.3 Å². The topological polar surface area (TPSA) is 20.2 Å². The van der Waals surface area contributed by atoms with E-state index in [4.69, 9.17) is 0 Å². The third-order valence-electron chi connectivity index (χ3n) is 2.78. The first-order chi connectivity index (χ1) is 6.68. The van der Waals surface area contributed by atoms with Gasteiger partial charge in [-0.2, -0.15) is 0 Å². The largest absolute Gasteiger partial charge is 0.388 e. The van der Waals surface area contributed by atoms with Crippen LogP contribution in [0.4, 0.5) is 8.78 Å². The Bertz CT molecular complexity index is 325. The van der Waals surface area contributed by atoms with Gasteiger partial charge in [0.1, 0.15) is 0 Å². The molecule has 0 spiro atoms. The van der Waals surface area contributed by atoms with Gasteiger partial charge in [-0.15, -0.1) is 0 Å². The van der Waals surface area contributed by atoms with Crippen LogP contribution in [0, 0.1) is 5.92 Å². The third-order valence-corrected chi connectivity index (χ3v) is 2.78. The van der Waals surface area contributed by atoms with Crippen molar-refractivity contribution in [1.82, 2.24) is 0 Å². The first-order valence-corrected chi connectivity index (χ1v) is 4.72. The Hall–Kier alpha value is -0.960. The number of alkyl halides is 2. The Balaban J connectivity index is 2.17. The zero-order chi connectivity index (χ0) is 10.1. The lowest BCUT2D eigenvalue weighted by Gasteiger charge is -2.13. The van der Waals surface area contributed by atoms with Crippen molar-refractivity contribution in [2.45, 2.75) is 25.4 Å². The number of benzene rings is 1. The van der Waals surface area contributed by atoms with E-state index in [2.05, 4.69) is 0 Å². The van der Waals surface area contributed by atoms with Crippen molar-refractivity contribution in [2.75, 3.05) is 0 Å². The summed E-state index contributed by atoms with van der Waals surface area (Å²) in [6.45, 7) is 0. The number of halogens is 2. The second-order valence-electron chi connectivity index (χ2n) is 3.73. The van der Waals surface area contributed by atoms with E-state index in [9.17, 15) is 13.9 Å². The molecule has 0 aromatic heterocycles. The molecule has 1 aromatic rings. The second-order valence-corrected chi connectivity index (χ2v) is 3.73. The zero-order valence-corrected chi connectivity index (χ0v) is 7.66. The molecule has 2 atom stereocenters. The minimum Gasteiger partial charge on any atom is -0.388 e. The molecule has 3 heteroatoms. The van der Waals surface area contributed by atoms with Crippen LogP contribution in [0.2, 0.25) is 0 Å². The van der Waals surface area contributed by atoms with Crippen molar-refractivity contribution < 1.29 is 13.9 Å². The Labute approximate surface area is 81.4 Å². The maximum Gasteiger partial charge on any atom is 0.239 e. The maximum atomic E-state index is 12.2. The molecule has 14 heavy (non-hydrogen) atoms. The molecular weight excluding hydrogens is 186 g/mol. The van der Waals surface area contributed by atoms with Crippen molar-refractivity contribution in [2.24, 2.45) is 5.92 Å². The Morgan fingerprint density at radius 1 is 1.36 bits per heavy atom. The van der Waals surface area contributed by atoms with E-state index in [-0.39, 0.29) is 12.3 Å². The standard InChI is InChI=1S/C11H12F2O/c12-10(13)6-8-5-7-3-1-2-4-9(7)11(8)14/h1-4,8,10-11,14H,5-6H2. The highest BCUT2D eigenvalue weighted by Crippen LogP contribution is 2.38. The van der Waals surface area contributed by atoms with Crippen molar-refractivity contribution in [1.29, 1.82) is 0 Å². The van der Waals surface area contributed by atoms with Crippen LogP contribution >= 0.6 is 0 Å². The van der Waals surface area contributed by atoms with Crippen molar-refractivity contribution in [3.05, 3.63) is 35.4 Å². The summed E-state index contributed by atoms with van der Waals surface area (Å²) < 4.78 is 24.3. The lowest BCUT2D eigenvalue weighted by Crippen LogP contribution is -2.11. The van der Waals surface area contributed by atoms with Crippen LogP contribution in [-0.2, 0) is 6.42 Å². The molecule has 0 saturated carbocycles. The number of hydrogen-bond donors (Lipinski definition) is 1. The molecule has 1 aromatic carbocycles. The highest BCUT2D eigenvalue weighted by Gasteiger charge is 2.32. The van der Waals surface area contributed by atoms with Gasteiger partial charge in [-0.3, -0.25) is 0 Å². The van der Waals surface area contributed by atoms with Gasteiger partial charge in [0.05, 0.1) is 6.10 Å². The summed E-state index contributed by atoms with van der Waals surface area (Å²) >= 11 is 0. The summed E-state index contributed by atoms with van der Waals surface area (Å²) in [6.07, 6.45) is -2.68. The average molecular weight is 198 g/mol. The SMILES string of the molecule is OC1c2ccccc2CC1CC(F)F. The van der Waals surface area contributed by atoms with E-state index >= 15 is 0 Å². The highest BCUT2D eigenvalue weighted by molar-refractivity contribution is 5.34. The number of rotatable bonds is 2. The van der Waals surface area contributed by atoms with E-state index in [1.165, 1.54) is 0 Å². The predicted octanol–water partition coefficient (Wildman–Crippen LogP) is 2.55. The molecule has 1 aliphatic carbocycles. The minimum atomic E-state index is -2.33. The lowest BCUT2D eigenvalue weighted by molar-refractivity contribution is 0.0567. The molecule has 0 amide bonds. The minimum absolute atomic E-state index is 0.212. The lowest BCUT2D eigenvalue weighted by atomic mass is 10.00. The molecule has 0 heterocycles. The van der Waals surface area contributed by atoms with Gasteiger partial charge in [0, 0.05) is 6.42 Å². The molecular formula is C11H12F2O. The first kappa shape index (κ1) is 9.59. The number of aliphatic hydroxyl groups excluding tert-OH is 1. The van der Waals surface area contributed by atoms with Crippen molar-refractivity contribution in [3.63, 3.8) is 0 Å². The fourth-order valence-electron chi connectivity index (χ4n) is 2.10. The number of hydrogen-bond acceptors (Lipinski definition) is 1. The molecule has 2 rings (SSSR count). The fraction of sp³-hybridized carbons (Fsp3) is 0.455. The van der Waals surface area contributed by atoms with Crippen LogP contribution < -0.4 is 0 Å². The van der Waals surface area contributed by atoms with Crippen LogP contribution in [0.1, 0.15) is 23.7 Å². The fourth-order valence-corrected chi connectivity index (χ4v) is 2.10. The smallest absolute Gasteiger partial charge is 0.239 e. The number of aliphatic hydroxyl groups is 1. The molecule has 0 fully saturated rings. The Kier molecular flexibility index (Phi) is 2.50. The highest BCUT2D eigenvalue weighted by atomic mass is 19.3. The van der Waals surface area contributed by atoms with E-state index in [0.29, 0.717) is 6.42 Å². The van der Waals surface area contributed by atoms with Crippen LogP contribution in [0.3, 0.4) is 0 Å². The molecule has 0 radical (unpaired) electrons. The zero-order valence-electron chi connectivity index (χ0n) is 7.66. The van der Waals surface area contributed by atoms with Gasteiger partial charge in [-0.05, 0) is 23.5 Å². The van der Waals surface area contributed by atoms with E-state index < -0.39 is 12.5 Å². The summed E-state index contributed by atoms with van der Waals surface area (Å²) in [7, 11) is 0. The summed E-state index contributed by atoms with van der Waals surface area (Å²) in [5.41, 5.74) is 1.82. The first-order valence-electron chi connectivity index (χ1n) is 4.72. The van der Waals surface area contributed by atoms with E-state index in [1.54, 1.807) is 0 Å². The summed E-state index contributed by atoms with van der Waals surface area (Å²) in [4.78, 5) is 0. The molecule has 1 nitrogen and oxygen atoms in total. The quantitative estimate of drug-likeness (QED) is 0.774. The van der Waals surface area contributed by atoms with Crippen molar-refractivity contribution >= 4 is 0 Å². The van der Waals surface area contributed by atoms with Gasteiger partial charge >= 0.3 is 0 Å². The van der Waals surface area contributed by atoms with Gasteiger partial charge in [0.25, 0.3) is 0 Å². The van der Waals surface area contributed by atoms with Crippen LogP contribution in [0.25, 0.3) is 0 Å². The molecule has 0 aliphatic heterocycles. The van der Waals surface area contributed by atoms with Crippen molar-refractivity contribution in [3.8, 4) is 0 Å². The van der Waals surface area contributed by atoms with Gasteiger partial charge in [0.2, 0.25) is 6.43 Å². The summed E-state index contributed by atoms with van der Waals surface area (Å²) in [5, 5.41) is 9.76. The van der Waals surface area contributed by atoms with Gasteiger partial charge in [-0.1, -0.05) is 24.3 Å². The second kappa shape index (κ2) is 3.65. The molecule has 76 valence electrons. The summed E-state index contributed by atoms with van der Waals surface area (Å²) in [5.74, 6) is -0.313. The van der Waals surface area contributed by atoms with Crippen LogP contribution in [0.15, 0.2) is 24.3 Å². The summed E-state index contributed by atoms with van der Waals surface area (Å²) in [6, 6.07) is 7.40. The third kappa shape index (κ3) is 1.64. The van der Waals surface area contributed by atoms with E-state index in [0.717, 1.165) is 11.1 Å². The average Bonchev–Trinajstić information content (AvgIpc) is 2.44. The molecule has 1 N–H and O–H groups in total. The Morgan fingerprint density at radius 2 is 2.07 bits per heavy atom. The normalized spacial score (nSPS) is 25.4. The Morgan fingerprint density at radius 3 is 2.71 bits per heavy atom. The molecule has 0 bridgehead atoms. The molecule has 0 saturated heterocycles. The number of fused-ring (bicyclic) bond motifs is 1. The molecule has 1 aliphatic rings. The predicted molar refractivity (Wildman–Crippen MR) is 49.2 cm³/mol. The van der Waals surface area contributed by atoms with Crippen LogP contribution in [-0.4, -0.2) is 11.5 Å². The molecule has 2 unspecified atom stereocenters. The van der Waals surface area contributed by atoms with Gasteiger partial charge in [0.15, 0.2) is 0 Å². The maximum absolute atomic E-state index is 12.2. The van der Waals surface area contributed by atoms with Gasteiger partial charge < -0.3 is 5.11 Å². The van der Waals surface area contributed by atoms with Crippen LogP contribution in [0.5, 0.6) is 0 Å². The monoisotopic (exact) mass is 198 g/mol.